The maximum absolute atomic E-state index is 12.7. The predicted octanol–water partition coefficient (Wildman–Crippen LogP) is 3.47. The molecule has 2 rings (SSSR count). The van der Waals surface area contributed by atoms with Gasteiger partial charge in [-0.3, -0.25) is 4.79 Å². The summed E-state index contributed by atoms with van der Waals surface area (Å²) in [6.07, 6.45) is -1.02. The lowest BCUT2D eigenvalue weighted by Crippen LogP contribution is -2.31. The minimum Gasteiger partial charge on any atom is -0.490 e. The Morgan fingerprint density at radius 3 is 2.15 bits per heavy atom. The van der Waals surface area contributed by atoms with E-state index < -0.39 is 12.1 Å². The summed E-state index contributed by atoms with van der Waals surface area (Å²) in [5, 5.41) is 0. The van der Waals surface area contributed by atoms with Gasteiger partial charge in [0.25, 0.3) is 5.91 Å². The van der Waals surface area contributed by atoms with Gasteiger partial charge in [0, 0.05) is 19.7 Å². The quantitative estimate of drug-likeness (QED) is 0.665. The average molecular weight is 371 g/mol. The third-order valence-electron chi connectivity index (χ3n) is 3.77. The van der Waals surface area contributed by atoms with E-state index >= 15 is 0 Å². The highest BCUT2D eigenvalue weighted by Gasteiger charge is 2.27. The van der Waals surface area contributed by atoms with Crippen LogP contribution in [0.1, 0.15) is 35.9 Å². The predicted molar refractivity (Wildman–Crippen MR) is 102 cm³/mol. The van der Waals surface area contributed by atoms with Crippen LogP contribution in [0.15, 0.2) is 48.5 Å². The van der Waals surface area contributed by atoms with Crippen molar-refractivity contribution in [3.05, 3.63) is 59.7 Å². The molecular weight excluding hydrogens is 346 g/mol. The largest absolute Gasteiger partial charge is 0.490 e. The Kier molecular flexibility index (Phi) is 7.23. The Balaban J connectivity index is 2.29. The lowest BCUT2D eigenvalue weighted by atomic mass is 10.1. The van der Waals surface area contributed by atoms with E-state index in [4.69, 9.17) is 14.2 Å². The third kappa shape index (κ3) is 5.23. The number of carbonyl (C=O) groups is 2. The van der Waals surface area contributed by atoms with Crippen LogP contribution in [0.5, 0.6) is 11.5 Å². The molecule has 0 heterocycles. The summed E-state index contributed by atoms with van der Waals surface area (Å²) < 4.78 is 16.6. The van der Waals surface area contributed by atoms with Crippen molar-refractivity contribution in [2.45, 2.75) is 20.0 Å². The van der Waals surface area contributed by atoms with Gasteiger partial charge in [-0.1, -0.05) is 30.3 Å². The molecule has 0 aliphatic heterocycles. The molecule has 0 N–H and O–H groups in total. The van der Waals surface area contributed by atoms with Crippen LogP contribution in [0, 0.1) is 0 Å². The van der Waals surface area contributed by atoms with Gasteiger partial charge in [0.05, 0.1) is 18.8 Å². The number of hydrogen-bond acceptors (Lipinski definition) is 5. The number of ether oxygens (including phenoxy) is 3. The Labute approximate surface area is 159 Å². The average Bonchev–Trinajstić information content (AvgIpc) is 2.67. The molecule has 0 fully saturated rings. The highest BCUT2D eigenvalue weighted by molar-refractivity contribution is 5.93. The van der Waals surface area contributed by atoms with E-state index in [1.165, 1.54) is 4.90 Å². The summed E-state index contributed by atoms with van der Waals surface area (Å²) in [6, 6.07) is 13.8. The number of likely N-dealkylation sites (N-methyl/N-ethyl adjacent to an activating group) is 1. The molecule has 0 radical (unpaired) electrons. The maximum Gasteiger partial charge on any atom is 0.339 e. The second-order valence-electron chi connectivity index (χ2n) is 5.96. The summed E-state index contributed by atoms with van der Waals surface area (Å²) in [5.41, 5.74) is 0.898. The standard InChI is InChI=1S/C21H25NO5/c1-5-25-17-13-12-16(14-18(17)26-6-2)21(24)27-19(20(23)22(3)4)15-10-8-7-9-11-15/h7-14,19H,5-6H2,1-4H3/t19-/m0/s1. The maximum atomic E-state index is 12.7. The minimum absolute atomic E-state index is 0.286. The fraction of sp³-hybridized carbons (Fsp3) is 0.333. The highest BCUT2D eigenvalue weighted by atomic mass is 16.5. The van der Waals surface area contributed by atoms with Crippen LogP contribution in [-0.2, 0) is 9.53 Å². The van der Waals surface area contributed by atoms with Crippen molar-refractivity contribution in [3.8, 4) is 11.5 Å². The monoisotopic (exact) mass is 371 g/mol. The van der Waals surface area contributed by atoms with Gasteiger partial charge in [0.1, 0.15) is 0 Å². The van der Waals surface area contributed by atoms with E-state index in [-0.39, 0.29) is 11.5 Å². The van der Waals surface area contributed by atoms with Crippen molar-refractivity contribution in [2.24, 2.45) is 0 Å². The molecule has 0 saturated carbocycles. The van der Waals surface area contributed by atoms with Crippen LogP contribution in [-0.4, -0.2) is 44.1 Å². The van der Waals surface area contributed by atoms with E-state index in [1.54, 1.807) is 56.6 Å². The van der Waals surface area contributed by atoms with Crippen molar-refractivity contribution < 1.29 is 23.8 Å². The first-order chi connectivity index (χ1) is 13.0. The zero-order chi connectivity index (χ0) is 19.8. The van der Waals surface area contributed by atoms with E-state index in [1.807, 2.05) is 19.9 Å². The van der Waals surface area contributed by atoms with Gasteiger partial charge >= 0.3 is 5.97 Å². The molecule has 0 unspecified atom stereocenters. The van der Waals surface area contributed by atoms with Gasteiger partial charge in [-0.25, -0.2) is 4.79 Å². The molecule has 6 nitrogen and oxygen atoms in total. The zero-order valence-electron chi connectivity index (χ0n) is 16.1. The van der Waals surface area contributed by atoms with Crippen molar-refractivity contribution >= 4 is 11.9 Å². The summed E-state index contributed by atoms with van der Waals surface area (Å²) in [6.45, 7) is 4.64. The Bertz CT molecular complexity index is 773. The molecule has 1 amide bonds. The summed E-state index contributed by atoms with van der Waals surface area (Å²) in [5.74, 6) is 0.0949. The summed E-state index contributed by atoms with van der Waals surface area (Å²) in [4.78, 5) is 26.6. The number of esters is 1. The highest BCUT2D eigenvalue weighted by Crippen LogP contribution is 2.30. The molecule has 2 aromatic rings. The SMILES string of the molecule is CCOc1ccc(C(=O)O[C@H](C(=O)N(C)C)c2ccccc2)cc1OCC. The topological polar surface area (TPSA) is 65.1 Å². The molecule has 2 aromatic carbocycles. The number of nitrogens with zero attached hydrogens (tertiary/aromatic N) is 1. The van der Waals surface area contributed by atoms with E-state index in [0.717, 1.165) is 0 Å². The first-order valence-corrected chi connectivity index (χ1v) is 8.84. The van der Waals surface area contributed by atoms with Crippen LogP contribution in [0.25, 0.3) is 0 Å². The first kappa shape index (κ1) is 20.3. The molecule has 27 heavy (non-hydrogen) atoms. The Morgan fingerprint density at radius 2 is 1.56 bits per heavy atom. The second kappa shape index (κ2) is 9.62. The molecule has 0 aromatic heterocycles. The molecule has 0 bridgehead atoms. The van der Waals surface area contributed by atoms with E-state index in [0.29, 0.717) is 30.3 Å². The number of benzene rings is 2. The Morgan fingerprint density at radius 1 is 0.926 bits per heavy atom. The van der Waals surface area contributed by atoms with Gasteiger partial charge in [0.15, 0.2) is 11.5 Å². The molecular formula is C21H25NO5. The van der Waals surface area contributed by atoms with Crippen molar-refractivity contribution in [1.29, 1.82) is 0 Å². The first-order valence-electron chi connectivity index (χ1n) is 8.84. The fourth-order valence-electron chi connectivity index (χ4n) is 2.48. The lowest BCUT2D eigenvalue weighted by molar-refractivity contribution is -0.138. The number of hydrogen-bond donors (Lipinski definition) is 0. The van der Waals surface area contributed by atoms with Crippen molar-refractivity contribution in [1.82, 2.24) is 4.90 Å². The molecule has 6 heteroatoms. The van der Waals surface area contributed by atoms with Gasteiger partial charge in [-0.05, 0) is 32.0 Å². The summed E-state index contributed by atoms with van der Waals surface area (Å²) >= 11 is 0. The minimum atomic E-state index is -1.02. The van der Waals surface area contributed by atoms with E-state index in [9.17, 15) is 9.59 Å². The fourth-order valence-corrected chi connectivity index (χ4v) is 2.48. The normalized spacial score (nSPS) is 11.4. The van der Waals surface area contributed by atoms with Crippen molar-refractivity contribution in [3.63, 3.8) is 0 Å². The van der Waals surface area contributed by atoms with Crippen LogP contribution in [0.2, 0.25) is 0 Å². The molecule has 0 saturated heterocycles. The number of amides is 1. The van der Waals surface area contributed by atoms with Gasteiger partial charge in [-0.2, -0.15) is 0 Å². The number of carbonyl (C=O) groups excluding carboxylic acids is 2. The van der Waals surface area contributed by atoms with Gasteiger partial charge in [-0.15, -0.1) is 0 Å². The molecule has 0 spiro atoms. The number of rotatable bonds is 8. The second-order valence-corrected chi connectivity index (χ2v) is 5.96. The van der Waals surface area contributed by atoms with Crippen LogP contribution >= 0.6 is 0 Å². The molecule has 1 atom stereocenters. The molecule has 0 aliphatic rings. The third-order valence-corrected chi connectivity index (χ3v) is 3.77. The Hall–Kier alpha value is -3.02. The lowest BCUT2D eigenvalue weighted by Gasteiger charge is -2.21. The molecule has 144 valence electrons. The van der Waals surface area contributed by atoms with E-state index in [2.05, 4.69) is 0 Å². The molecule has 0 aliphatic carbocycles. The smallest absolute Gasteiger partial charge is 0.339 e. The summed E-state index contributed by atoms with van der Waals surface area (Å²) in [7, 11) is 3.24. The van der Waals surface area contributed by atoms with Crippen LogP contribution < -0.4 is 9.47 Å². The van der Waals surface area contributed by atoms with Crippen LogP contribution in [0.3, 0.4) is 0 Å². The van der Waals surface area contributed by atoms with Crippen molar-refractivity contribution in [2.75, 3.05) is 27.3 Å². The van der Waals surface area contributed by atoms with Gasteiger partial charge in [0.2, 0.25) is 6.10 Å². The van der Waals surface area contributed by atoms with Crippen LogP contribution in [0.4, 0.5) is 0 Å². The zero-order valence-corrected chi connectivity index (χ0v) is 16.1. The van der Waals surface area contributed by atoms with Gasteiger partial charge < -0.3 is 19.1 Å².